The van der Waals surface area contributed by atoms with Crippen molar-refractivity contribution in [3.8, 4) is 5.69 Å². The molecule has 1 aliphatic rings. The van der Waals surface area contributed by atoms with E-state index in [9.17, 15) is 9.18 Å². The van der Waals surface area contributed by atoms with Gasteiger partial charge in [-0.2, -0.15) is 5.10 Å². The number of aromatic nitrogens is 3. The van der Waals surface area contributed by atoms with Gasteiger partial charge in [0.1, 0.15) is 18.2 Å². The molecule has 2 heterocycles. The summed E-state index contributed by atoms with van der Waals surface area (Å²) in [5, 5.41) is 4.02. The zero-order chi connectivity index (χ0) is 15.9. The van der Waals surface area contributed by atoms with E-state index in [-0.39, 0.29) is 18.3 Å². The van der Waals surface area contributed by atoms with E-state index in [1.807, 2.05) is 13.8 Å². The van der Waals surface area contributed by atoms with E-state index in [0.29, 0.717) is 11.1 Å². The van der Waals surface area contributed by atoms with Gasteiger partial charge in [0, 0.05) is 4.47 Å². The van der Waals surface area contributed by atoms with E-state index in [0.717, 1.165) is 0 Å². The van der Waals surface area contributed by atoms with Crippen molar-refractivity contribution in [1.82, 2.24) is 14.3 Å². The highest BCUT2D eigenvalue weighted by molar-refractivity contribution is 9.10. The molecule has 8 heteroatoms. The van der Waals surface area contributed by atoms with Gasteiger partial charge < -0.3 is 9.47 Å². The Bertz CT molecular complexity index is 756. The van der Waals surface area contributed by atoms with Crippen LogP contribution in [0, 0.1) is 5.82 Å². The predicted molar refractivity (Wildman–Crippen MR) is 80.4 cm³/mol. The van der Waals surface area contributed by atoms with Crippen LogP contribution in [0.4, 0.5) is 4.39 Å². The fraction of sp³-hybridized carbons (Fsp3) is 0.429. The third kappa shape index (κ3) is 2.99. The summed E-state index contributed by atoms with van der Waals surface area (Å²) in [7, 11) is 0. The molecule has 1 aliphatic heterocycles. The quantitative estimate of drug-likeness (QED) is 0.828. The van der Waals surface area contributed by atoms with Crippen LogP contribution in [-0.4, -0.2) is 32.8 Å². The number of ether oxygens (including phenoxy) is 2. The van der Waals surface area contributed by atoms with Crippen LogP contribution >= 0.6 is 15.9 Å². The molecule has 0 amide bonds. The molecule has 0 radical (unpaired) electrons. The molecule has 0 N–H and O–H groups in total. The molecule has 1 unspecified atom stereocenters. The van der Waals surface area contributed by atoms with Crippen molar-refractivity contribution < 1.29 is 13.9 Å². The van der Waals surface area contributed by atoms with Crippen LogP contribution in [0.15, 0.2) is 33.8 Å². The first kappa shape index (κ1) is 15.4. The second kappa shape index (κ2) is 5.60. The van der Waals surface area contributed by atoms with Crippen molar-refractivity contribution in [2.24, 2.45) is 0 Å². The second-order valence-electron chi connectivity index (χ2n) is 5.51. The Morgan fingerprint density at radius 2 is 2.27 bits per heavy atom. The second-order valence-corrected chi connectivity index (χ2v) is 6.43. The van der Waals surface area contributed by atoms with Gasteiger partial charge in [-0.05, 0) is 32.0 Å². The fourth-order valence-corrected chi connectivity index (χ4v) is 2.68. The van der Waals surface area contributed by atoms with Crippen LogP contribution in [0.1, 0.15) is 13.8 Å². The topological polar surface area (TPSA) is 58.3 Å². The Kier molecular flexibility index (Phi) is 3.92. The van der Waals surface area contributed by atoms with Gasteiger partial charge in [-0.25, -0.2) is 18.4 Å². The average Bonchev–Trinajstić information content (AvgIpc) is 2.95. The number of nitrogens with zero attached hydrogens (tertiary/aromatic N) is 3. The molecule has 1 atom stereocenters. The summed E-state index contributed by atoms with van der Waals surface area (Å²) in [5.41, 5.74) is -0.266. The van der Waals surface area contributed by atoms with Crippen molar-refractivity contribution in [1.29, 1.82) is 0 Å². The number of benzene rings is 1. The van der Waals surface area contributed by atoms with Gasteiger partial charge in [-0.3, -0.25) is 0 Å². The lowest BCUT2D eigenvalue weighted by Gasteiger charge is -2.16. The maximum atomic E-state index is 14.0. The molecule has 1 fully saturated rings. The van der Waals surface area contributed by atoms with Crippen LogP contribution in [0.3, 0.4) is 0 Å². The summed E-state index contributed by atoms with van der Waals surface area (Å²) in [4.78, 5) is 12.3. The lowest BCUT2D eigenvalue weighted by atomic mass is 10.3. The number of halogens is 2. The van der Waals surface area contributed by atoms with Crippen LogP contribution in [0.25, 0.3) is 5.69 Å². The standard InChI is InChI=1S/C14H15BrFN3O3/c1-14(2)21-7-10(22-14)6-19-13(20)18(8-17-19)12-4-3-9(15)5-11(12)16/h3-5,8,10H,6-7H2,1-2H3. The van der Waals surface area contributed by atoms with Crippen molar-refractivity contribution in [2.45, 2.75) is 32.3 Å². The molecule has 22 heavy (non-hydrogen) atoms. The van der Waals surface area contributed by atoms with Crippen molar-refractivity contribution in [3.63, 3.8) is 0 Å². The Hall–Kier alpha value is -1.51. The molecule has 1 saturated heterocycles. The Labute approximate surface area is 134 Å². The van der Waals surface area contributed by atoms with E-state index >= 15 is 0 Å². The first-order chi connectivity index (χ1) is 10.4. The van der Waals surface area contributed by atoms with Gasteiger partial charge in [-0.1, -0.05) is 15.9 Å². The van der Waals surface area contributed by atoms with E-state index in [4.69, 9.17) is 9.47 Å². The summed E-state index contributed by atoms with van der Waals surface area (Å²) in [5.74, 6) is -1.16. The maximum absolute atomic E-state index is 14.0. The number of hydrogen-bond donors (Lipinski definition) is 0. The Morgan fingerprint density at radius 3 is 2.91 bits per heavy atom. The van der Waals surface area contributed by atoms with Crippen molar-refractivity contribution in [3.05, 3.63) is 45.3 Å². The number of hydrogen-bond acceptors (Lipinski definition) is 4. The normalized spacial score (nSPS) is 20.5. The maximum Gasteiger partial charge on any atom is 0.350 e. The van der Waals surface area contributed by atoms with Gasteiger partial charge in [0.15, 0.2) is 5.79 Å². The third-order valence-corrected chi connectivity index (χ3v) is 3.84. The van der Waals surface area contributed by atoms with Crippen LogP contribution in [-0.2, 0) is 16.0 Å². The van der Waals surface area contributed by atoms with E-state index < -0.39 is 17.3 Å². The molecular formula is C14H15BrFN3O3. The summed E-state index contributed by atoms with van der Waals surface area (Å²) in [6.07, 6.45) is 1.04. The van der Waals surface area contributed by atoms with Crippen LogP contribution in [0.2, 0.25) is 0 Å². The minimum absolute atomic E-state index is 0.156. The van der Waals surface area contributed by atoms with Crippen molar-refractivity contribution in [2.75, 3.05) is 6.61 Å². The van der Waals surface area contributed by atoms with E-state index in [2.05, 4.69) is 21.0 Å². The minimum atomic E-state index is -0.658. The molecule has 0 spiro atoms. The predicted octanol–water partition coefficient (Wildman–Crippen LogP) is 2.09. The third-order valence-electron chi connectivity index (χ3n) is 3.35. The first-order valence-electron chi connectivity index (χ1n) is 6.77. The SMILES string of the molecule is CC1(C)OCC(Cn2ncn(-c3ccc(Br)cc3F)c2=O)O1. The van der Waals surface area contributed by atoms with Gasteiger partial charge in [0.25, 0.3) is 0 Å². The summed E-state index contributed by atoms with van der Waals surface area (Å²) in [6, 6.07) is 4.49. The Morgan fingerprint density at radius 1 is 1.50 bits per heavy atom. The van der Waals surface area contributed by atoms with E-state index in [1.165, 1.54) is 27.7 Å². The van der Waals surface area contributed by atoms with Crippen LogP contribution in [0.5, 0.6) is 0 Å². The fourth-order valence-electron chi connectivity index (χ4n) is 2.35. The Balaban J connectivity index is 1.85. The molecule has 1 aromatic carbocycles. The van der Waals surface area contributed by atoms with Gasteiger partial charge in [-0.15, -0.1) is 0 Å². The molecule has 6 nitrogen and oxygen atoms in total. The highest BCUT2D eigenvalue weighted by Crippen LogP contribution is 2.23. The molecular weight excluding hydrogens is 357 g/mol. The molecule has 3 rings (SSSR count). The molecule has 2 aromatic rings. The molecule has 0 saturated carbocycles. The molecule has 1 aromatic heterocycles. The number of rotatable bonds is 3. The average molecular weight is 372 g/mol. The first-order valence-corrected chi connectivity index (χ1v) is 7.57. The highest BCUT2D eigenvalue weighted by Gasteiger charge is 2.33. The smallest absolute Gasteiger partial charge is 0.348 e. The minimum Gasteiger partial charge on any atom is -0.348 e. The molecule has 118 valence electrons. The largest absolute Gasteiger partial charge is 0.350 e. The molecule has 0 aliphatic carbocycles. The summed E-state index contributed by atoms with van der Waals surface area (Å²) < 4.78 is 28.1. The lowest BCUT2D eigenvalue weighted by molar-refractivity contribution is -0.140. The molecule has 0 bridgehead atoms. The van der Waals surface area contributed by atoms with Crippen molar-refractivity contribution >= 4 is 15.9 Å². The lowest BCUT2D eigenvalue weighted by Crippen LogP contribution is -2.31. The monoisotopic (exact) mass is 371 g/mol. The van der Waals surface area contributed by atoms with Gasteiger partial charge in [0.05, 0.1) is 18.8 Å². The van der Waals surface area contributed by atoms with Gasteiger partial charge in [0.2, 0.25) is 0 Å². The van der Waals surface area contributed by atoms with Crippen LogP contribution < -0.4 is 5.69 Å². The zero-order valence-corrected chi connectivity index (χ0v) is 13.7. The summed E-state index contributed by atoms with van der Waals surface area (Å²) in [6.45, 7) is 4.27. The zero-order valence-electron chi connectivity index (χ0n) is 12.1. The highest BCUT2D eigenvalue weighted by atomic mass is 79.9. The van der Waals surface area contributed by atoms with E-state index in [1.54, 1.807) is 6.07 Å². The summed E-state index contributed by atoms with van der Waals surface area (Å²) >= 11 is 3.18. The van der Waals surface area contributed by atoms with Gasteiger partial charge >= 0.3 is 5.69 Å².